The lowest BCUT2D eigenvalue weighted by molar-refractivity contribution is -0.201. The maximum Gasteiger partial charge on any atom is 0.416 e. The summed E-state index contributed by atoms with van der Waals surface area (Å²) in [4.78, 5) is 28.9. The van der Waals surface area contributed by atoms with E-state index >= 15 is 0 Å². The largest absolute Gasteiger partial charge is 0.494 e. The van der Waals surface area contributed by atoms with E-state index in [0.717, 1.165) is 12.1 Å². The van der Waals surface area contributed by atoms with Gasteiger partial charge in [-0.2, -0.15) is 26.3 Å². The van der Waals surface area contributed by atoms with Gasteiger partial charge in [-0.15, -0.1) is 0 Å². The van der Waals surface area contributed by atoms with Gasteiger partial charge in [0.15, 0.2) is 5.54 Å². The first-order valence-corrected chi connectivity index (χ1v) is 12.3. The normalized spacial score (nSPS) is 18.4. The van der Waals surface area contributed by atoms with E-state index in [2.05, 4.69) is 15.6 Å². The summed E-state index contributed by atoms with van der Waals surface area (Å²) < 4.78 is 86.5. The summed E-state index contributed by atoms with van der Waals surface area (Å²) in [5.74, 6) is -1.49. The van der Waals surface area contributed by atoms with Crippen molar-refractivity contribution in [2.75, 3.05) is 13.2 Å². The monoisotopic (exact) mass is 573 g/mol. The van der Waals surface area contributed by atoms with Crippen LogP contribution in [0.2, 0.25) is 0 Å². The van der Waals surface area contributed by atoms with E-state index in [1.54, 1.807) is 0 Å². The quantitative estimate of drug-likeness (QED) is 0.293. The van der Waals surface area contributed by atoms with Gasteiger partial charge in [-0.05, 0) is 49.6 Å². The molecule has 1 aliphatic heterocycles. The summed E-state index contributed by atoms with van der Waals surface area (Å²) >= 11 is 0. The molecule has 13 heteroatoms. The van der Waals surface area contributed by atoms with Gasteiger partial charge in [0.2, 0.25) is 11.8 Å². The highest BCUT2D eigenvalue weighted by Crippen LogP contribution is 2.48. The minimum atomic E-state index is -4.99. The average molecular weight is 574 g/mol. The second-order valence-electron chi connectivity index (χ2n) is 9.98. The topological polar surface area (TPSA) is 101 Å². The number of hydrogen-bond acceptors (Lipinski definition) is 5. The lowest BCUT2D eigenvalue weighted by Crippen LogP contribution is -2.59. The van der Waals surface area contributed by atoms with Gasteiger partial charge < -0.3 is 20.5 Å². The molecule has 40 heavy (non-hydrogen) atoms. The molecular weight excluding hydrogens is 544 g/mol. The maximum atomic E-state index is 14.8. The molecule has 2 amide bonds. The van der Waals surface area contributed by atoms with Crippen molar-refractivity contribution in [3.8, 4) is 5.75 Å². The maximum absolute atomic E-state index is 14.8. The first-order valence-electron chi connectivity index (χ1n) is 12.3. The number of carbonyl (C=O) groups is 2. The van der Waals surface area contributed by atoms with E-state index in [-0.39, 0.29) is 47.7 Å². The van der Waals surface area contributed by atoms with E-state index in [0.29, 0.717) is 5.56 Å². The van der Waals surface area contributed by atoms with Gasteiger partial charge >= 0.3 is 12.4 Å². The zero-order chi connectivity index (χ0) is 29.9. The minimum absolute atomic E-state index is 0.0513. The number of benzene rings is 1. The van der Waals surface area contributed by atoms with Gasteiger partial charge in [0, 0.05) is 43.6 Å². The Morgan fingerprint density at radius 1 is 1.10 bits per heavy atom. The number of amides is 2. The molecule has 0 bridgehead atoms. The molecule has 1 aromatic carbocycles. The van der Waals surface area contributed by atoms with Crippen molar-refractivity contribution in [1.82, 2.24) is 15.6 Å². The molecule has 2 heterocycles. The van der Waals surface area contributed by atoms with Crippen LogP contribution in [0.15, 0.2) is 48.2 Å². The van der Waals surface area contributed by atoms with Gasteiger partial charge in [-0.1, -0.05) is 18.2 Å². The number of alkyl halides is 6. The number of nitrogens with zero attached hydrogens (tertiary/aromatic N) is 1. The van der Waals surface area contributed by atoms with Crippen molar-refractivity contribution in [2.45, 2.75) is 63.5 Å². The van der Waals surface area contributed by atoms with Crippen LogP contribution in [0, 0.1) is 0 Å². The Balaban J connectivity index is 2.00. The Morgan fingerprint density at radius 2 is 1.75 bits per heavy atom. The zero-order valence-electron chi connectivity index (χ0n) is 22.0. The van der Waals surface area contributed by atoms with Crippen molar-refractivity contribution < 1.29 is 45.8 Å². The van der Waals surface area contributed by atoms with Gasteiger partial charge in [0.05, 0.1) is 17.9 Å². The molecule has 0 saturated heterocycles. The lowest BCUT2D eigenvalue weighted by atomic mass is 9.77. The van der Waals surface area contributed by atoms with Crippen LogP contribution < -0.4 is 15.4 Å². The summed E-state index contributed by atoms with van der Waals surface area (Å²) in [5.41, 5.74) is -4.19. The molecule has 0 aliphatic carbocycles. The predicted molar refractivity (Wildman–Crippen MR) is 133 cm³/mol. The highest BCUT2D eigenvalue weighted by atomic mass is 19.4. The number of aromatic nitrogens is 1. The standard InChI is InChI=1S/C27H29F6N3O4/c1-16(37)34-15-21-20(22-10-7-18(14-35-22)24(2,3)39)13-25(27(31,32)33,36-23(21)38)17-5-8-19(9-6-17)40-12-4-11-26(28,29)30/h5-10,14,39H,4,11-13,15H2,1-3H3,(H,34,37)(H,36,38)/t25-/m0/s1. The minimum Gasteiger partial charge on any atom is -0.494 e. The number of pyridine rings is 1. The SMILES string of the molecule is CC(=O)NCC1=C(c2ccc(C(C)(C)O)cn2)C[C@](c2ccc(OCCCC(F)(F)F)cc2)(C(F)(F)F)NC1=O. The first-order chi connectivity index (χ1) is 18.4. The van der Waals surface area contributed by atoms with E-state index < -0.39 is 48.1 Å². The van der Waals surface area contributed by atoms with Crippen LogP contribution in [0.5, 0.6) is 5.75 Å². The molecule has 1 atom stereocenters. The zero-order valence-corrected chi connectivity index (χ0v) is 22.0. The fraction of sp³-hybridized carbons (Fsp3) is 0.444. The van der Waals surface area contributed by atoms with E-state index in [4.69, 9.17) is 4.74 Å². The molecular formula is C27H29F6N3O4. The van der Waals surface area contributed by atoms with Crippen LogP contribution in [-0.4, -0.2) is 47.4 Å². The van der Waals surface area contributed by atoms with Crippen molar-refractivity contribution in [1.29, 1.82) is 0 Å². The van der Waals surface area contributed by atoms with Crippen molar-refractivity contribution >= 4 is 17.4 Å². The van der Waals surface area contributed by atoms with Crippen LogP contribution in [0.4, 0.5) is 26.3 Å². The fourth-order valence-electron chi connectivity index (χ4n) is 4.21. The number of hydrogen-bond donors (Lipinski definition) is 3. The predicted octanol–water partition coefficient (Wildman–Crippen LogP) is 4.90. The molecule has 0 saturated carbocycles. The molecule has 1 aliphatic rings. The molecule has 218 valence electrons. The van der Waals surface area contributed by atoms with Gasteiger partial charge in [0.1, 0.15) is 5.75 Å². The smallest absolute Gasteiger partial charge is 0.416 e. The van der Waals surface area contributed by atoms with E-state index in [1.807, 2.05) is 0 Å². The van der Waals surface area contributed by atoms with Crippen LogP contribution in [-0.2, 0) is 20.7 Å². The molecule has 0 spiro atoms. The van der Waals surface area contributed by atoms with Gasteiger partial charge in [0.25, 0.3) is 0 Å². The highest BCUT2D eigenvalue weighted by molar-refractivity contribution is 6.04. The number of halogens is 6. The van der Waals surface area contributed by atoms with E-state index in [1.165, 1.54) is 51.2 Å². The van der Waals surface area contributed by atoms with Crippen LogP contribution in [0.3, 0.4) is 0 Å². The Bertz CT molecular complexity index is 1250. The van der Waals surface area contributed by atoms with Crippen LogP contribution in [0.1, 0.15) is 56.9 Å². The summed E-state index contributed by atoms with van der Waals surface area (Å²) in [6.45, 7) is 3.59. The third kappa shape index (κ3) is 7.32. The van der Waals surface area contributed by atoms with Crippen molar-refractivity contribution in [3.63, 3.8) is 0 Å². The molecule has 1 aromatic heterocycles. The number of nitrogens with one attached hydrogen (secondary N) is 2. The molecule has 0 unspecified atom stereocenters. The summed E-state index contributed by atoms with van der Waals surface area (Å²) in [6, 6.07) is 7.44. The van der Waals surface area contributed by atoms with Crippen LogP contribution >= 0.6 is 0 Å². The second-order valence-corrected chi connectivity index (χ2v) is 9.98. The number of carbonyl (C=O) groups excluding carboxylic acids is 2. The van der Waals surface area contributed by atoms with Gasteiger partial charge in [-0.3, -0.25) is 14.6 Å². The number of ether oxygens (including phenoxy) is 1. The third-order valence-electron chi connectivity index (χ3n) is 6.40. The lowest BCUT2D eigenvalue weighted by Gasteiger charge is -2.41. The summed E-state index contributed by atoms with van der Waals surface area (Å²) in [7, 11) is 0. The fourth-order valence-corrected chi connectivity index (χ4v) is 4.21. The molecule has 7 nitrogen and oxygen atoms in total. The molecule has 0 radical (unpaired) electrons. The highest BCUT2D eigenvalue weighted by Gasteiger charge is 2.59. The molecule has 2 aromatic rings. The Labute approximate surface area is 226 Å². The molecule has 0 fully saturated rings. The van der Waals surface area contributed by atoms with E-state index in [9.17, 15) is 41.0 Å². The Morgan fingerprint density at radius 3 is 2.25 bits per heavy atom. The first kappa shape index (κ1) is 30.9. The van der Waals surface area contributed by atoms with Crippen LogP contribution in [0.25, 0.3) is 5.57 Å². The molecule has 3 N–H and O–H groups in total. The summed E-state index contributed by atoms with van der Waals surface area (Å²) in [5, 5.41) is 14.7. The molecule has 3 rings (SSSR count). The van der Waals surface area contributed by atoms with Gasteiger partial charge in [-0.25, -0.2) is 0 Å². The number of aliphatic hydroxyl groups is 1. The third-order valence-corrected chi connectivity index (χ3v) is 6.40. The van der Waals surface area contributed by atoms with Crippen molar-refractivity contribution in [2.24, 2.45) is 0 Å². The number of rotatable bonds is 9. The Kier molecular flexibility index (Phi) is 8.87. The summed E-state index contributed by atoms with van der Waals surface area (Å²) in [6.07, 6.45) is -10.2. The second kappa shape index (κ2) is 11.5. The van der Waals surface area contributed by atoms with Crippen molar-refractivity contribution in [3.05, 3.63) is 65.0 Å². The Hall–Kier alpha value is -3.61. The average Bonchev–Trinajstić information content (AvgIpc) is 2.84.